The number of aromatic nitrogens is 2. The van der Waals surface area contributed by atoms with Gasteiger partial charge < -0.3 is 5.73 Å². The Kier molecular flexibility index (Phi) is 3.83. The molecule has 0 saturated heterocycles. The van der Waals surface area contributed by atoms with Crippen molar-refractivity contribution in [2.75, 3.05) is 5.32 Å². The monoisotopic (exact) mass is 242 g/mol. The van der Waals surface area contributed by atoms with E-state index < -0.39 is 5.54 Å². The quantitative estimate of drug-likeness (QED) is 0.788. The van der Waals surface area contributed by atoms with E-state index in [1.165, 1.54) is 0 Å². The summed E-state index contributed by atoms with van der Waals surface area (Å²) in [7, 11) is 0. The van der Waals surface area contributed by atoms with Crippen LogP contribution in [-0.2, 0) is 4.79 Å². The summed E-state index contributed by atoms with van der Waals surface area (Å²) in [4.78, 5) is 19.5. The predicted octanol–water partition coefficient (Wildman–Crippen LogP) is 1.50. The zero-order chi connectivity index (χ0) is 12.3. The molecule has 0 saturated carbocycles. The SMILES string of the molecule is Cc1cc(Cl)nc(NC(=O)CC(C)(C)N)n1. The summed E-state index contributed by atoms with van der Waals surface area (Å²) >= 11 is 5.74. The molecule has 5 nitrogen and oxygen atoms in total. The van der Waals surface area contributed by atoms with Gasteiger partial charge in [-0.15, -0.1) is 0 Å². The Morgan fingerprint density at radius 1 is 1.56 bits per heavy atom. The highest BCUT2D eigenvalue weighted by Gasteiger charge is 2.17. The lowest BCUT2D eigenvalue weighted by Crippen LogP contribution is -2.36. The molecule has 1 aromatic heterocycles. The number of hydrogen-bond acceptors (Lipinski definition) is 4. The molecule has 3 N–H and O–H groups in total. The van der Waals surface area contributed by atoms with Gasteiger partial charge in [0, 0.05) is 17.7 Å². The summed E-state index contributed by atoms with van der Waals surface area (Å²) in [5.41, 5.74) is 5.86. The fraction of sp³-hybridized carbons (Fsp3) is 0.500. The van der Waals surface area contributed by atoms with Gasteiger partial charge in [0.05, 0.1) is 0 Å². The predicted molar refractivity (Wildman–Crippen MR) is 63.3 cm³/mol. The highest BCUT2D eigenvalue weighted by atomic mass is 35.5. The van der Waals surface area contributed by atoms with Gasteiger partial charge in [-0.3, -0.25) is 10.1 Å². The molecule has 0 spiro atoms. The average molecular weight is 243 g/mol. The summed E-state index contributed by atoms with van der Waals surface area (Å²) < 4.78 is 0. The highest BCUT2D eigenvalue weighted by molar-refractivity contribution is 6.29. The maximum absolute atomic E-state index is 11.5. The number of amides is 1. The smallest absolute Gasteiger partial charge is 0.231 e. The van der Waals surface area contributed by atoms with E-state index in [1.54, 1.807) is 26.8 Å². The van der Waals surface area contributed by atoms with Crippen molar-refractivity contribution in [3.8, 4) is 0 Å². The second-order valence-corrected chi connectivity index (χ2v) is 4.76. The molecule has 1 heterocycles. The van der Waals surface area contributed by atoms with Gasteiger partial charge >= 0.3 is 0 Å². The van der Waals surface area contributed by atoms with Gasteiger partial charge in [-0.2, -0.15) is 0 Å². The number of halogens is 1. The minimum Gasteiger partial charge on any atom is -0.325 e. The Labute approximate surface area is 99.4 Å². The van der Waals surface area contributed by atoms with E-state index in [-0.39, 0.29) is 18.3 Å². The number of anilines is 1. The Morgan fingerprint density at radius 2 is 2.19 bits per heavy atom. The van der Waals surface area contributed by atoms with Crippen LogP contribution in [0.5, 0.6) is 0 Å². The third kappa shape index (κ3) is 4.55. The number of nitrogens with one attached hydrogen (secondary N) is 1. The lowest BCUT2D eigenvalue weighted by atomic mass is 10.0. The van der Waals surface area contributed by atoms with Crippen molar-refractivity contribution in [2.45, 2.75) is 32.7 Å². The molecule has 0 aliphatic rings. The van der Waals surface area contributed by atoms with Crippen molar-refractivity contribution >= 4 is 23.5 Å². The first-order valence-electron chi connectivity index (χ1n) is 4.86. The highest BCUT2D eigenvalue weighted by Crippen LogP contribution is 2.11. The van der Waals surface area contributed by atoms with Crippen LogP contribution in [0.3, 0.4) is 0 Å². The Bertz CT molecular complexity index is 380. The fourth-order valence-electron chi connectivity index (χ4n) is 1.17. The van der Waals surface area contributed by atoms with Gasteiger partial charge in [0.2, 0.25) is 11.9 Å². The minimum absolute atomic E-state index is 0.196. The summed E-state index contributed by atoms with van der Waals surface area (Å²) in [5.74, 6) is -0.0200. The van der Waals surface area contributed by atoms with Crippen molar-refractivity contribution in [1.82, 2.24) is 9.97 Å². The molecule has 0 unspecified atom stereocenters. The molecule has 88 valence electrons. The fourth-order valence-corrected chi connectivity index (χ4v) is 1.41. The van der Waals surface area contributed by atoms with Crippen LogP contribution < -0.4 is 11.1 Å². The standard InChI is InChI=1S/C10H15ClN4O/c1-6-4-7(11)14-9(13-6)15-8(16)5-10(2,3)12/h4H,5,12H2,1-3H3,(H,13,14,15,16). The summed E-state index contributed by atoms with van der Waals surface area (Å²) in [5, 5.41) is 2.86. The molecule has 1 amide bonds. The second kappa shape index (κ2) is 4.76. The third-order valence-electron chi connectivity index (χ3n) is 1.69. The van der Waals surface area contributed by atoms with E-state index in [0.29, 0.717) is 10.8 Å². The molecular formula is C10H15ClN4O. The molecule has 0 aliphatic heterocycles. The van der Waals surface area contributed by atoms with E-state index in [9.17, 15) is 4.79 Å². The van der Waals surface area contributed by atoms with Crippen LogP contribution in [-0.4, -0.2) is 21.4 Å². The van der Waals surface area contributed by atoms with Crippen LogP contribution in [0.25, 0.3) is 0 Å². The van der Waals surface area contributed by atoms with Crippen LogP contribution in [0.4, 0.5) is 5.95 Å². The molecule has 0 atom stereocenters. The Morgan fingerprint density at radius 3 is 2.69 bits per heavy atom. The number of nitrogens with two attached hydrogens (primary N) is 1. The van der Waals surface area contributed by atoms with Gasteiger partial charge in [-0.25, -0.2) is 9.97 Å². The molecule has 0 bridgehead atoms. The third-order valence-corrected chi connectivity index (χ3v) is 1.88. The molecule has 0 aliphatic carbocycles. The molecule has 0 aromatic carbocycles. The number of nitrogens with zero attached hydrogens (tertiary/aromatic N) is 2. The number of carbonyl (C=O) groups excluding carboxylic acids is 1. The minimum atomic E-state index is -0.558. The van der Waals surface area contributed by atoms with E-state index in [1.807, 2.05) is 0 Å². The molecule has 1 rings (SSSR count). The van der Waals surface area contributed by atoms with Crippen molar-refractivity contribution in [2.24, 2.45) is 5.73 Å². The van der Waals surface area contributed by atoms with Crippen LogP contribution in [0.1, 0.15) is 26.0 Å². The molecule has 1 aromatic rings. The normalized spacial score (nSPS) is 11.3. The lowest BCUT2D eigenvalue weighted by Gasteiger charge is -2.17. The van der Waals surface area contributed by atoms with Crippen LogP contribution in [0.15, 0.2) is 6.07 Å². The van der Waals surface area contributed by atoms with E-state index in [0.717, 1.165) is 0 Å². The Balaban J connectivity index is 2.70. The maximum Gasteiger partial charge on any atom is 0.231 e. The Hall–Kier alpha value is -1.20. The largest absolute Gasteiger partial charge is 0.325 e. The van der Waals surface area contributed by atoms with E-state index >= 15 is 0 Å². The van der Waals surface area contributed by atoms with Gasteiger partial charge in [0.1, 0.15) is 5.15 Å². The molecule has 0 fully saturated rings. The topological polar surface area (TPSA) is 80.9 Å². The molecular weight excluding hydrogens is 228 g/mol. The summed E-state index contributed by atoms with van der Waals surface area (Å²) in [6, 6.07) is 1.62. The number of hydrogen-bond donors (Lipinski definition) is 2. The van der Waals surface area contributed by atoms with Crippen molar-refractivity contribution in [3.63, 3.8) is 0 Å². The van der Waals surface area contributed by atoms with Crippen LogP contribution in [0, 0.1) is 6.92 Å². The zero-order valence-corrected chi connectivity index (χ0v) is 10.3. The first-order valence-corrected chi connectivity index (χ1v) is 5.24. The number of carbonyl (C=O) groups is 1. The van der Waals surface area contributed by atoms with Gasteiger partial charge in [-0.05, 0) is 26.8 Å². The van der Waals surface area contributed by atoms with Crippen molar-refractivity contribution in [3.05, 3.63) is 16.9 Å². The molecule has 0 radical (unpaired) electrons. The first-order chi connectivity index (χ1) is 7.26. The number of rotatable bonds is 3. The van der Waals surface area contributed by atoms with Crippen LogP contribution >= 0.6 is 11.6 Å². The second-order valence-electron chi connectivity index (χ2n) is 4.37. The number of aryl methyl sites for hydroxylation is 1. The van der Waals surface area contributed by atoms with E-state index in [2.05, 4.69) is 15.3 Å². The summed E-state index contributed by atoms with van der Waals surface area (Å²) in [6.45, 7) is 5.32. The zero-order valence-electron chi connectivity index (χ0n) is 9.54. The van der Waals surface area contributed by atoms with Gasteiger partial charge in [0.15, 0.2) is 0 Å². The lowest BCUT2D eigenvalue weighted by molar-refractivity contribution is -0.117. The molecule has 6 heteroatoms. The van der Waals surface area contributed by atoms with Gasteiger partial charge in [-0.1, -0.05) is 11.6 Å². The van der Waals surface area contributed by atoms with Crippen LogP contribution in [0.2, 0.25) is 5.15 Å². The average Bonchev–Trinajstić information content (AvgIpc) is 1.96. The maximum atomic E-state index is 11.5. The summed E-state index contributed by atoms with van der Waals surface area (Å²) in [6.07, 6.45) is 0.196. The van der Waals surface area contributed by atoms with Crippen molar-refractivity contribution < 1.29 is 4.79 Å². The molecule has 16 heavy (non-hydrogen) atoms. The van der Waals surface area contributed by atoms with E-state index in [4.69, 9.17) is 17.3 Å². The van der Waals surface area contributed by atoms with Crippen molar-refractivity contribution in [1.29, 1.82) is 0 Å². The first kappa shape index (κ1) is 12.9. The van der Waals surface area contributed by atoms with Gasteiger partial charge in [0.25, 0.3) is 0 Å².